The average Bonchev–Trinajstić information content (AvgIpc) is 2.90. The number of hydrogen-bond acceptors (Lipinski definition) is 6. The zero-order valence-corrected chi connectivity index (χ0v) is 19.5. The van der Waals surface area contributed by atoms with Gasteiger partial charge >= 0.3 is 11.9 Å². The van der Waals surface area contributed by atoms with Gasteiger partial charge in [-0.15, -0.1) is 0 Å². The minimum absolute atomic E-state index is 0.0861. The summed E-state index contributed by atoms with van der Waals surface area (Å²) in [5.74, 6) is -1.39. The number of carbonyl (C=O) groups is 3. The molecule has 0 saturated carbocycles. The van der Waals surface area contributed by atoms with Gasteiger partial charge < -0.3 is 9.47 Å². The van der Waals surface area contributed by atoms with Crippen LogP contribution in [-0.4, -0.2) is 24.1 Å². The fraction of sp³-hybridized carbons (Fsp3) is 0. The Hall–Kier alpha value is -4.75. The maximum absolute atomic E-state index is 12.7. The predicted octanol–water partition coefficient (Wildman–Crippen LogP) is 5.54. The summed E-state index contributed by atoms with van der Waals surface area (Å²) in [6, 6.07) is 27.8. The Kier molecular flexibility index (Phi) is 7.85. The van der Waals surface area contributed by atoms with E-state index in [-0.39, 0.29) is 11.5 Å². The molecule has 1 N–H and O–H groups in total. The number of nitrogens with one attached hydrogen (secondary N) is 1. The third-order valence-electron chi connectivity index (χ3n) is 4.87. The third-order valence-corrected chi connectivity index (χ3v) is 5.11. The molecule has 7 nitrogen and oxygen atoms in total. The smallest absolute Gasteiger partial charge is 0.343 e. The Morgan fingerprint density at radius 2 is 1.31 bits per heavy atom. The van der Waals surface area contributed by atoms with E-state index in [0.29, 0.717) is 27.3 Å². The van der Waals surface area contributed by atoms with Gasteiger partial charge in [-0.25, -0.2) is 15.0 Å². The first-order chi connectivity index (χ1) is 17.5. The highest BCUT2D eigenvalue weighted by molar-refractivity contribution is 6.31. The number of halogens is 1. The first kappa shape index (κ1) is 24.4. The Labute approximate surface area is 211 Å². The standard InChI is InChI=1S/C28H19ClN2O5/c29-23-13-7-12-21(16-23)26(32)31-30-18-22-14-15-24(35-27(33)19-8-3-1-4-9-19)17-25(22)36-28(34)20-10-5-2-6-11-20/h1-18H,(H,31,32). The lowest BCUT2D eigenvalue weighted by Gasteiger charge is -2.10. The lowest BCUT2D eigenvalue weighted by atomic mass is 10.2. The second-order valence-electron chi connectivity index (χ2n) is 7.42. The molecule has 4 aromatic rings. The molecule has 1 amide bonds. The van der Waals surface area contributed by atoms with Gasteiger partial charge in [0.25, 0.3) is 5.91 Å². The molecule has 4 rings (SSSR count). The quantitative estimate of drug-likeness (QED) is 0.156. The summed E-state index contributed by atoms with van der Waals surface area (Å²) in [6.45, 7) is 0. The summed E-state index contributed by atoms with van der Waals surface area (Å²) in [5.41, 5.74) is 3.80. The summed E-state index contributed by atoms with van der Waals surface area (Å²) in [7, 11) is 0. The first-order valence-corrected chi connectivity index (χ1v) is 11.1. The Balaban J connectivity index is 1.56. The molecule has 36 heavy (non-hydrogen) atoms. The normalized spacial score (nSPS) is 10.6. The Morgan fingerprint density at radius 1 is 0.694 bits per heavy atom. The average molecular weight is 499 g/mol. The van der Waals surface area contributed by atoms with Crippen LogP contribution in [0, 0.1) is 0 Å². The van der Waals surface area contributed by atoms with E-state index in [4.69, 9.17) is 21.1 Å². The third kappa shape index (κ3) is 6.43. The second kappa shape index (κ2) is 11.6. The van der Waals surface area contributed by atoms with Crippen molar-refractivity contribution in [3.05, 3.63) is 130 Å². The predicted molar refractivity (Wildman–Crippen MR) is 136 cm³/mol. The van der Waals surface area contributed by atoms with Crippen molar-refractivity contribution in [3.8, 4) is 11.5 Å². The summed E-state index contributed by atoms with van der Waals surface area (Å²) in [4.78, 5) is 37.4. The van der Waals surface area contributed by atoms with Crippen molar-refractivity contribution < 1.29 is 23.9 Å². The van der Waals surface area contributed by atoms with Crippen molar-refractivity contribution in [3.63, 3.8) is 0 Å². The van der Waals surface area contributed by atoms with Crippen LogP contribution in [0.4, 0.5) is 0 Å². The van der Waals surface area contributed by atoms with Crippen LogP contribution < -0.4 is 14.9 Å². The van der Waals surface area contributed by atoms with E-state index in [1.54, 1.807) is 84.9 Å². The maximum atomic E-state index is 12.7. The van der Waals surface area contributed by atoms with Gasteiger partial charge in [0, 0.05) is 22.2 Å². The number of esters is 2. The molecule has 0 aliphatic carbocycles. The van der Waals surface area contributed by atoms with Crippen molar-refractivity contribution >= 4 is 35.7 Å². The lowest BCUT2D eigenvalue weighted by molar-refractivity contribution is 0.0732. The molecule has 0 atom stereocenters. The zero-order valence-electron chi connectivity index (χ0n) is 18.8. The molecule has 178 valence electrons. The molecule has 0 bridgehead atoms. The first-order valence-electron chi connectivity index (χ1n) is 10.8. The molecule has 0 aliphatic rings. The van der Waals surface area contributed by atoms with E-state index in [2.05, 4.69) is 10.5 Å². The van der Waals surface area contributed by atoms with Crippen LogP contribution in [0.25, 0.3) is 0 Å². The maximum Gasteiger partial charge on any atom is 0.343 e. The lowest BCUT2D eigenvalue weighted by Crippen LogP contribution is -2.17. The highest BCUT2D eigenvalue weighted by atomic mass is 35.5. The van der Waals surface area contributed by atoms with Crippen molar-refractivity contribution in [2.45, 2.75) is 0 Å². The van der Waals surface area contributed by atoms with Crippen molar-refractivity contribution in [1.29, 1.82) is 0 Å². The van der Waals surface area contributed by atoms with Crippen LogP contribution in [0.3, 0.4) is 0 Å². The van der Waals surface area contributed by atoms with E-state index in [1.807, 2.05) is 0 Å². The number of benzene rings is 4. The monoisotopic (exact) mass is 498 g/mol. The topological polar surface area (TPSA) is 94.1 Å². The molecule has 0 aromatic heterocycles. The number of carbonyl (C=O) groups excluding carboxylic acids is 3. The largest absolute Gasteiger partial charge is 0.423 e. The summed E-state index contributed by atoms with van der Waals surface area (Å²) in [6.07, 6.45) is 1.32. The number of nitrogens with zero attached hydrogens (tertiary/aromatic N) is 1. The van der Waals surface area contributed by atoms with Gasteiger partial charge in [-0.1, -0.05) is 54.1 Å². The van der Waals surface area contributed by atoms with Gasteiger partial charge in [0.15, 0.2) is 0 Å². The van der Waals surface area contributed by atoms with Crippen LogP contribution >= 0.6 is 11.6 Å². The van der Waals surface area contributed by atoms with Gasteiger partial charge in [0.2, 0.25) is 0 Å². The fourth-order valence-corrected chi connectivity index (χ4v) is 3.29. The number of hydrazone groups is 1. The summed E-state index contributed by atoms with van der Waals surface area (Å²) >= 11 is 5.93. The van der Waals surface area contributed by atoms with Crippen LogP contribution in [0.15, 0.2) is 108 Å². The highest BCUT2D eigenvalue weighted by Crippen LogP contribution is 2.26. The van der Waals surface area contributed by atoms with Crippen LogP contribution in [0.5, 0.6) is 11.5 Å². The van der Waals surface area contributed by atoms with Crippen molar-refractivity contribution in [1.82, 2.24) is 5.43 Å². The van der Waals surface area contributed by atoms with E-state index < -0.39 is 17.8 Å². The number of amides is 1. The summed E-state index contributed by atoms with van der Waals surface area (Å²) < 4.78 is 11.0. The SMILES string of the molecule is O=C(NN=Cc1ccc(OC(=O)c2ccccc2)cc1OC(=O)c1ccccc1)c1cccc(Cl)c1. The van der Waals surface area contributed by atoms with E-state index in [0.717, 1.165) is 0 Å². The van der Waals surface area contributed by atoms with Crippen LogP contribution in [0.2, 0.25) is 5.02 Å². The molecule has 0 saturated heterocycles. The highest BCUT2D eigenvalue weighted by Gasteiger charge is 2.15. The van der Waals surface area contributed by atoms with Gasteiger partial charge in [-0.3, -0.25) is 4.79 Å². The molecule has 0 fully saturated rings. The van der Waals surface area contributed by atoms with Crippen molar-refractivity contribution in [2.75, 3.05) is 0 Å². The van der Waals surface area contributed by atoms with Gasteiger partial charge in [0.1, 0.15) is 11.5 Å². The molecular weight excluding hydrogens is 480 g/mol. The molecule has 0 unspecified atom stereocenters. The Bertz CT molecular complexity index is 1420. The number of hydrogen-bond donors (Lipinski definition) is 1. The molecule has 0 radical (unpaired) electrons. The number of ether oxygens (including phenoxy) is 2. The van der Waals surface area contributed by atoms with Gasteiger partial charge in [-0.2, -0.15) is 5.10 Å². The summed E-state index contributed by atoms with van der Waals surface area (Å²) in [5, 5.41) is 4.38. The molecular formula is C28H19ClN2O5. The van der Waals surface area contributed by atoms with Gasteiger partial charge in [0.05, 0.1) is 17.3 Å². The second-order valence-corrected chi connectivity index (χ2v) is 7.86. The molecule has 4 aromatic carbocycles. The van der Waals surface area contributed by atoms with Crippen LogP contribution in [-0.2, 0) is 0 Å². The molecule has 0 spiro atoms. The van der Waals surface area contributed by atoms with E-state index in [1.165, 1.54) is 24.4 Å². The minimum atomic E-state index is -0.611. The zero-order chi connectivity index (χ0) is 25.3. The Morgan fingerprint density at radius 3 is 1.94 bits per heavy atom. The van der Waals surface area contributed by atoms with E-state index >= 15 is 0 Å². The molecule has 8 heteroatoms. The molecule has 0 aliphatic heterocycles. The minimum Gasteiger partial charge on any atom is -0.423 e. The fourth-order valence-electron chi connectivity index (χ4n) is 3.10. The van der Waals surface area contributed by atoms with Crippen molar-refractivity contribution in [2.24, 2.45) is 5.10 Å². The van der Waals surface area contributed by atoms with Crippen LogP contribution in [0.1, 0.15) is 36.6 Å². The van der Waals surface area contributed by atoms with E-state index in [9.17, 15) is 14.4 Å². The van der Waals surface area contributed by atoms with Gasteiger partial charge in [-0.05, 0) is 54.6 Å². The number of rotatable bonds is 7. The molecule has 0 heterocycles.